The first-order valence-electron chi connectivity index (χ1n) is 6.82. The number of nitrogens with one attached hydrogen (secondary N) is 1. The second-order valence-corrected chi connectivity index (χ2v) is 4.87. The second kappa shape index (κ2) is 8.08. The number of aliphatic hydroxyl groups is 1. The van der Waals surface area contributed by atoms with Crippen LogP contribution in [-0.4, -0.2) is 48.1 Å². The third kappa shape index (κ3) is 5.04. The normalized spacial score (nSPS) is 20.7. The standard InChI is InChI=1S/C13H24N2O3/c1-2-3-11-4-5-13(18)15(8-6-11)10-12(17)14-7-9-16/h11,16H,2-10H2,1H3,(H,14,17). The summed E-state index contributed by atoms with van der Waals surface area (Å²) < 4.78 is 0. The molecule has 1 saturated heterocycles. The Balaban J connectivity index is 2.40. The smallest absolute Gasteiger partial charge is 0.239 e. The molecule has 1 rings (SSSR count). The van der Waals surface area contributed by atoms with Crippen LogP contribution in [0, 0.1) is 5.92 Å². The Hall–Kier alpha value is -1.10. The second-order valence-electron chi connectivity index (χ2n) is 4.87. The van der Waals surface area contributed by atoms with Crippen molar-refractivity contribution in [1.82, 2.24) is 10.2 Å². The van der Waals surface area contributed by atoms with Gasteiger partial charge in [-0.3, -0.25) is 9.59 Å². The SMILES string of the molecule is CCCC1CCC(=O)N(CC(=O)NCCO)CC1. The van der Waals surface area contributed by atoms with Gasteiger partial charge in [0.05, 0.1) is 13.2 Å². The van der Waals surface area contributed by atoms with Crippen LogP contribution >= 0.6 is 0 Å². The number of hydrogen-bond donors (Lipinski definition) is 2. The first-order chi connectivity index (χ1) is 8.67. The Labute approximate surface area is 109 Å². The summed E-state index contributed by atoms with van der Waals surface area (Å²) in [7, 11) is 0. The van der Waals surface area contributed by atoms with Gasteiger partial charge in [-0.2, -0.15) is 0 Å². The van der Waals surface area contributed by atoms with Crippen molar-refractivity contribution in [2.75, 3.05) is 26.2 Å². The topological polar surface area (TPSA) is 69.6 Å². The summed E-state index contributed by atoms with van der Waals surface area (Å²) >= 11 is 0. The van der Waals surface area contributed by atoms with E-state index >= 15 is 0 Å². The van der Waals surface area contributed by atoms with Crippen molar-refractivity contribution in [3.63, 3.8) is 0 Å². The van der Waals surface area contributed by atoms with Crippen LogP contribution in [0.15, 0.2) is 0 Å². The van der Waals surface area contributed by atoms with Crippen molar-refractivity contribution in [1.29, 1.82) is 0 Å². The molecular weight excluding hydrogens is 232 g/mol. The Morgan fingerprint density at radius 3 is 2.94 bits per heavy atom. The van der Waals surface area contributed by atoms with E-state index in [1.807, 2.05) is 0 Å². The summed E-state index contributed by atoms with van der Waals surface area (Å²) in [4.78, 5) is 25.0. The predicted molar refractivity (Wildman–Crippen MR) is 68.9 cm³/mol. The number of carbonyl (C=O) groups is 2. The Morgan fingerprint density at radius 2 is 2.28 bits per heavy atom. The quantitative estimate of drug-likeness (QED) is 0.728. The van der Waals surface area contributed by atoms with Crippen LogP contribution in [0.1, 0.15) is 39.0 Å². The number of nitrogens with zero attached hydrogens (tertiary/aromatic N) is 1. The molecule has 1 atom stereocenters. The van der Waals surface area contributed by atoms with Gasteiger partial charge in [0.15, 0.2) is 0 Å². The maximum atomic E-state index is 11.9. The first kappa shape index (κ1) is 15.0. The van der Waals surface area contributed by atoms with Crippen molar-refractivity contribution in [3.8, 4) is 0 Å². The lowest BCUT2D eigenvalue weighted by molar-refractivity contribution is -0.135. The molecule has 18 heavy (non-hydrogen) atoms. The fourth-order valence-corrected chi connectivity index (χ4v) is 2.38. The molecule has 0 aromatic heterocycles. The Bertz CT molecular complexity index is 281. The van der Waals surface area contributed by atoms with Crippen LogP contribution in [0.2, 0.25) is 0 Å². The molecular formula is C13H24N2O3. The van der Waals surface area contributed by atoms with Crippen molar-refractivity contribution < 1.29 is 14.7 Å². The molecule has 0 aromatic rings. The van der Waals surface area contributed by atoms with Gasteiger partial charge in [0.2, 0.25) is 11.8 Å². The molecule has 1 heterocycles. The van der Waals surface area contributed by atoms with E-state index in [2.05, 4.69) is 12.2 Å². The van der Waals surface area contributed by atoms with Gasteiger partial charge in [0.25, 0.3) is 0 Å². The van der Waals surface area contributed by atoms with Crippen LogP contribution in [0.3, 0.4) is 0 Å². The first-order valence-corrected chi connectivity index (χ1v) is 6.82. The third-order valence-electron chi connectivity index (χ3n) is 3.39. The highest BCUT2D eigenvalue weighted by molar-refractivity contribution is 5.84. The molecule has 0 bridgehead atoms. The van der Waals surface area contributed by atoms with Crippen molar-refractivity contribution in [2.45, 2.75) is 39.0 Å². The largest absolute Gasteiger partial charge is 0.395 e. The van der Waals surface area contributed by atoms with Crippen LogP contribution in [0.4, 0.5) is 0 Å². The third-order valence-corrected chi connectivity index (χ3v) is 3.39. The number of rotatable bonds is 6. The Kier molecular flexibility index (Phi) is 6.72. The summed E-state index contributed by atoms with van der Waals surface area (Å²) in [5.74, 6) is 0.503. The summed E-state index contributed by atoms with van der Waals surface area (Å²) in [5.41, 5.74) is 0. The maximum Gasteiger partial charge on any atom is 0.239 e. The predicted octanol–water partition coefficient (Wildman–Crippen LogP) is 0.524. The van der Waals surface area contributed by atoms with Gasteiger partial charge in [-0.05, 0) is 18.8 Å². The van der Waals surface area contributed by atoms with Crippen molar-refractivity contribution in [2.24, 2.45) is 5.92 Å². The van der Waals surface area contributed by atoms with Crippen molar-refractivity contribution >= 4 is 11.8 Å². The van der Waals surface area contributed by atoms with E-state index in [4.69, 9.17) is 5.11 Å². The molecule has 0 saturated carbocycles. The zero-order chi connectivity index (χ0) is 13.4. The maximum absolute atomic E-state index is 11.9. The molecule has 5 nitrogen and oxygen atoms in total. The van der Waals surface area contributed by atoms with E-state index in [1.165, 1.54) is 0 Å². The number of amides is 2. The average molecular weight is 256 g/mol. The van der Waals surface area contributed by atoms with Crippen LogP contribution < -0.4 is 5.32 Å². The summed E-state index contributed by atoms with van der Waals surface area (Å²) in [5, 5.41) is 11.2. The highest BCUT2D eigenvalue weighted by Gasteiger charge is 2.23. The molecule has 0 aliphatic carbocycles. The van der Waals surface area contributed by atoms with Gasteiger partial charge in [-0.25, -0.2) is 0 Å². The fourth-order valence-electron chi connectivity index (χ4n) is 2.38. The molecule has 0 radical (unpaired) electrons. The highest BCUT2D eigenvalue weighted by atomic mass is 16.3. The van der Waals surface area contributed by atoms with Crippen LogP contribution in [0.25, 0.3) is 0 Å². The van der Waals surface area contributed by atoms with E-state index in [1.54, 1.807) is 4.90 Å². The number of hydrogen-bond acceptors (Lipinski definition) is 3. The lowest BCUT2D eigenvalue weighted by Crippen LogP contribution is -2.41. The summed E-state index contributed by atoms with van der Waals surface area (Å²) in [6, 6.07) is 0. The van der Waals surface area contributed by atoms with Crippen LogP contribution in [0.5, 0.6) is 0 Å². The molecule has 1 aliphatic rings. The van der Waals surface area contributed by atoms with Gasteiger partial charge >= 0.3 is 0 Å². The van der Waals surface area contributed by atoms with E-state index in [9.17, 15) is 9.59 Å². The molecule has 0 aromatic carbocycles. The monoisotopic (exact) mass is 256 g/mol. The minimum absolute atomic E-state index is 0.0712. The number of aliphatic hydroxyl groups excluding tert-OH is 1. The minimum Gasteiger partial charge on any atom is -0.395 e. The molecule has 1 fully saturated rings. The van der Waals surface area contributed by atoms with Crippen molar-refractivity contribution in [3.05, 3.63) is 0 Å². The van der Waals surface area contributed by atoms with Gasteiger partial charge in [0.1, 0.15) is 0 Å². The molecule has 0 spiro atoms. The average Bonchev–Trinajstić information content (AvgIpc) is 2.52. The van der Waals surface area contributed by atoms with E-state index in [-0.39, 0.29) is 31.5 Å². The zero-order valence-corrected chi connectivity index (χ0v) is 11.2. The molecule has 2 N–H and O–H groups in total. The summed E-state index contributed by atoms with van der Waals surface area (Å²) in [6.07, 6.45) is 4.81. The van der Waals surface area contributed by atoms with Gasteiger partial charge in [-0.15, -0.1) is 0 Å². The van der Waals surface area contributed by atoms with Gasteiger partial charge in [-0.1, -0.05) is 19.8 Å². The molecule has 5 heteroatoms. The Morgan fingerprint density at radius 1 is 1.50 bits per heavy atom. The number of likely N-dealkylation sites (tertiary alicyclic amines) is 1. The molecule has 104 valence electrons. The molecule has 1 unspecified atom stereocenters. The zero-order valence-electron chi connectivity index (χ0n) is 11.2. The summed E-state index contributed by atoms with van der Waals surface area (Å²) in [6.45, 7) is 3.14. The van der Waals surface area contributed by atoms with E-state index in [0.717, 1.165) is 25.7 Å². The number of carbonyl (C=O) groups excluding carboxylic acids is 2. The fraction of sp³-hybridized carbons (Fsp3) is 0.846. The lowest BCUT2D eigenvalue weighted by atomic mass is 9.96. The van der Waals surface area contributed by atoms with E-state index in [0.29, 0.717) is 18.9 Å². The molecule has 1 aliphatic heterocycles. The van der Waals surface area contributed by atoms with Crippen LogP contribution in [-0.2, 0) is 9.59 Å². The molecule has 2 amide bonds. The highest BCUT2D eigenvalue weighted by Crippen LogP contribution is 2.22. The van der Waals surface area contributed by atoms with Gasteiger partial charge < -0.3 is 15.3 Å². The van der Waals surface area contributed by atoms with E-state index < -0.39 is 0 Å². The van der Waals surface area contributed by atoms with Gasteiger partial charge in [0, 0.05) is 19.5 Å². The lowest BCUT2D eigenvalue weighted by Gasteiger charge is -2.20. The minimum atomic E-state index is -0.189.